The van der Waals surface area contributed by atoms with Crippen LogP contribution in [0.2, 0.25) is 0 Å². The average Bonchev–Trinajstić information content (AvgIpc) is 3.15. The quantitative estimate of drug-likeness (QED) is 0.580. The summed E-state index contributed by atoms with van der Waals surface area (Å²) >= 11 is 0. The van der Waals surface area contributed by atoms with Crippen molar-refractivity contribution in [3.63, 3.8) is 0 Å². The summed E-state index contributed by atoms with van der Waals surface area (Å²) in [7, 11) is 2.52. The molecule has 0 aliphatic carbocycles. The monoisotopic (exact) mass is 456 g/mol. The zero-order chi connectivity index (χ0) is 24.0. The molecule has 1 heterocycles. The maximum atomic E-state index is 13.2. The zero-order valence-corrected chi connectivity index (χ0v) is 18.9. The summed E-state index contributed by atoms with van der Waals surface area (Å²) in [4.78, 5) is 38.1. The number of hydrogen-bond acceptors (Lipinski definition) is 8. The number of ether oxygens (including phenoxy) is 4. The van der Waals surface area contributed by atoms with Crippen LogP contribution in [0.5, 0.6) is 0 Å². The molecule has 1 saturated heterocycles. The fourth-order valence-corrected chi connectivity index (χ4v) is 3.57. The molecular formula is C24H28N2O7. The Morgan fingerprint density at radius 2 is 1.30 bits per heavy atom. The first-order chi connectivity index (χ1) is 15.8. The van der Waals surface area contributed by atoms with Crippen molar-refractivity contribution in [1.29, 1.82) is 0 Å². The van der Waals surface area contributed by atoms with Crippen LogP contribution in [0.3, 0.4) is 0 Å². The summed E-state index contributed by atoms with van der Waals surface area (Å²) in [5.41, 5.74) is 1.19. The fourth-order valence-electron chi connectivity index (χ4n) is 3.57. The van der Waals surface area contributed by atoms with Crippen molar-refractivity contribution in [3.8, 4) is 0 Å². The van der Waals surface area contributed by atoms with E-state index >= 15 is 0 Å². The van der Waals surface area contributed by atoms with Crippen molar-refractivity contribution in [3.05, 3.63) is 71.8 Å². The lowest BCUT2D eigenvalue weighted by Crippen LogP contribution is -2.50. The summed E-state index contributed by atoms with van der Waals surface area (Å²) in [6.07, 6.45) is -2.16. The first-order valence-corrected chi connectivity index (χ1v) is 10.4. The Bertz CT molecular complexity index is 965. The molecule has 1 aliphatic heterocycles. The topological polar surface area (TPSA) is 112 Å². The van der Waals surface area contributed by atoms with Gasteiger partial charge in [0.1, 0.15) is 12.3 Å². The fraction of sp³-hybridized carbons (Fsp3) is 0.375. The van der Waals surface area contributed by atoms with Crippen molar-refractivity contribution in [2.75, 3.05) is 14.2 Å². The minimum atomic E-state index is -1.16. The summed E-state index contributed by atoms with van der Waals surface area (Å²) in [5, 5.41) is 5.70. The van der Waals surface area contributed by atoms with Gasteiger partial charge in [0, 0.05) is 0 Å². The summed E-state index contributed by atoms with van der Waals surface area (Å²) in [6.45, 7) is 3.30. The van der Waals surface area contributed by atoms with E-state index in [0.717, 1.165) is 0 Å². The van der Waals surface area contributed by atoms with E-state index < -0.39 is 48.0 Å². The van der Waals surface area contributed by atoms with Crippen LogP contribution in [-0.4, -0.2) is 50.2 Å². The highest BCUT2D eigenvalue weighted by molar-refractivity contribution is 5.88. The van der Waals surface area contributed by atoms with Crippen molar-refractivity contribution >= 4 is 17.8 Å². The summed E-state index contributed by atoms with van der Waals surface area (Å²) in [5.74, 6) is -2.90. The van der Waals surface area contributed by atoms with Gasteiger partial charge in [-0.25, -0.2) is 9.59 Å². The van der Waals surface area contributed by atoms with Crippen LogP contribution >= 0.6 is 0 Å². The Kier molecular flexibility index (Phi) is 7.80. The number of hydrogen-bond donors (Lipinski definition) is 2. The minimum absolute atomic E-state index is 0.551. The van der Waals surface area contributed by atoms with Gasteiger partial charge in [-0.1, -0.05) is 60.7 Å². The highest BCUT2D eigenvalue weighted by atomic mass is 16.8. The maximum Gasteiger partial charge on any atom is 0.333 e. The standard InChI is InChI=1S/C24H28N2O7/c1-24(2)32-19(20(27)25-17(22(28)30-3)15-11-7-5-8-12-15)21(33-24)26-18(23(29)31-4)16-13-9-6-10-14-16/h5-14,17-19,21,26H,1-4H3,(H,25,27)/t17-,18-,19+,21-/m1/s1. The molecule has 0 unspecified atom stereocenters. The van der Waals surface area contributed by atoms with Gasteiger partial charge in [-0.15, -0.1) is 0 Å². The third-order valence-electron chi connectivity index (χ3n) is 5.11. The normalized spacial score (nSPS) is 21.0. The maximum absolute atomic E-state index is 13.2. The smallest absolute Gasteiger partial charge is 0.333 e. The predicted octanol–water partition coefficient (Wildman–Crippen LogP) is 2.00. The van der Waals surface area contributed by atoms with Crippen molar-refractivity contribution in [2.45, 2.75) is 44.1 Å². The number of methoxy groups -OCH3 is 2. The number of rotatable bonds is 8. The van der Waals surface area contributed by atoms with Crippen LogP contribution in [0.1, 0.15) is 37.1 Å². The third-order valence-corrected chi connectivity index (χ3v) is 5.11. The molecule has 33 heavy (non-hydrogen) atoms. The van der Waals surface area contributed by atoms with E-state index in [0.29, 0.717) is 11.1 Å². The van der Waals surface area contributed by atoms with Crippen molar-refractivity contribution in [2.24, 2.45) is 0 Å². The van der Waals surface area contributed by atoms with Gasteiger partial charge in [-0.2, -0.15) is 0 Å². The molecule has 2 aromatic rings. The second-order valence-electron chi connectivity index (χ2n) is 7.89. The SMILES string of the molecule is COC(=O)[C@H](NC(=O)[C@@H]1OC(C)(C)O[C@H]1N[C@@H](C(=O)OC)c1ccccc1)c1ccccc1. The van der Waals surface area contributed by atoms with Crippen LogP contribution in [0.25, 0.3) is 0 Å². The summed E-state index contributed by atoms with van der Waals surface area (Å²) < 4.78 is 21.5. The Hall–Kier alpha value is -3.27. The van der Waals surface area contributed by atoms with E-state index in [2.05, 4.69) is 10.6 Å². The van der Waals surface area contributed by atoms with Crippen LogP contribution < -0.4 is 10.6 Å². The largest absolute Gasteiger partial charge is 0.468 e. The minimum Gasteiger partial charge on any atom is -0.468 e. The Balaban J connectivity index is 1.84. The molecule has 1 aliphatic rings. The second-order valence-corrected chi connectivity index (χ2v) is 7.89. The van der Waals surface area contributed by atoms with Gasteiger partial charge in [0.15, 0.2) is 17.9 Å². The lowest BCUT2D eigenvalue weighted by Gasteiger charge is -2.25. The lowest BCUT2D eigenvalue weighted by molar-refractivity contribution is -0.160. The van der Waals surface area contributed by atoms with E-state index in [9.17, 15) is 14.4 Å². The van der Waals surface area contributed by atoms with Crippen LogP contribution in [0, 0.1) is 0 Å². The number of amides is 1. The van der Waals surface area contributed by atoms with Crippen molar-refractivity contribution < 1.29 is 33.3 Å². The van der Waals surface area contributed by atoms with E-state index in [-0.39, 0.29) is 0 Å². The molecule has 176 valence electrons. The van der Waals surface area contributed by atoms with Gasteiger partial charge in [0.2, 0.25) is 0 Å². The molecule has 3 rings (SSSR count). The number of nitrogens with one attached hydrogen (secondary N) is 2. The molecular weight excluding hydrogens is 428 g/mol. The molecule has 9 heteroatoms. The molecule has 2 N–H and O–H groups in total. The number of carbonyl (C=O) groups is 3. The molecule has 0 saturated carbocycles. The Morgan fingerprint density at radius 1 is 0.818 bits per heavy atom. The zero-order valence-electron chi connectivity index (χ0n) is 18.9. The van der Waals surface area contributed by atoms with Crippen LogP contribution in [0.15, 0.2) is 60.7 Å². The number of benzene rings is 2. The van der Waals surface area contributed by atoms with E-state index in [1.165, 1.54) is 14.2 Å². The molecule has 0 radical (unpaired) electrons. The molecule has 4 atom stereocenters. The van der Waals surface area contributed by atoms with Gasteiger partial charge in [0.05, 0.1) is 14.2 Å². The van der Waals surface area contributed by atoms with Gasteiger partial charge in [-0.3, -0.25) is 10.1 Å². The molecule has 1 fully saturated rings. The molecule has 2 aromatic carbocycles. The van der Waals surface area contributed by atoms with Gasteiger partial charge < -0.3 is 24.3 Å². The number of esters is 2. The van der Waals surface area contributed by atoms with Crippen LogP contribution in [-0.2, 0) is 33.3 Å². The highest BCUT2D eigenvalue weighted by Gasteiger charge is 2.47. The summed E-state index contributed by atoms with van der Waals surface area (Å²) in [6, 6.07) is 15.7. The Morgan fingerprint density at radius 3 is 1.82 bits per heavy atom. The van der Waals surface area contributed by atoms with Gasteiger partial charge in [0.25, 0.3) is 5.91 Å². The molecule has 0 bridgehead atoms. The molecule has 9 nitrogen and oxygen atoms in total. The lowest BCUT2D eigenvalue weighted by atomic mass is 10.1. The van der Waals surface area contributed by atoms with E-state index in [4.69, 9.17) is 18.9 Å². The van der Waals surface area contributed by atoms with Crippen molar-refractivity contribution in [1.82, 2.24) is 10.6 Å². The van der Waals surface area contributed by atoms with Gasteiger partial charge in [-0.05, 0) is 25.0 Å². The van der Waals surface area contributed by atoms with Crippen LogP contribution in [0.4, 0.5) is 0 Å². The first kappa shape index (κ1) is 24.4. The number of carbonyl (C=O) groups excluding carboxylic acids is 3. The predicted molar refractivity (Wildman–Crippen MR) is 118 cm³/mol. The first-order valence-electron chi connectivity index (χ1n) is 10.4. The van der Waals surface area contributed by atoms with E-state index in [1.54, 1.807) is 68.4 Å². The second kappa shape index (κ2) is 10.6. The molecule has 0 spiro atoms. The molecule has 0 aromatic heterocycles. The Labute approximate surface area is 192 Å². The van der Waals surface area contributed by atoms with E-state index in [1.807, 2.05) is 6.07 Å². The molecule has 1 amide bonds. The highest BCUT2D eigenvalue weighted by Crippen LogP contribution is 2.30. The van der Waals surface area contributed by atoms with Gasteiger partial charge >= 0.3 is 11.9 Å². The third kappa shape index (κ3) is 5.95. The average molecular weight is 456 g/mol.